The maximum atomic E-state index is 4.56. The van der Waals surface area contributed by atoms with Crippen LogP contribution >= 0.6 is 27.3 Å². The second kappa shape index (κ2) is 6.83. The lowest BCUT2D eigenvalue weighted by Gasteiger charge is -2.15. The Balaban J connectivity index is 2.12. The van der Waals surface area contributed by atoms with Gasteiger partial charge in [0.15, 0.2) is 0 Å². The average Bonchev–Trinajstić information content (AvgIpc) is 2.95. The van der Waals surface area contributed by atoms with Crippen molar-refractivity contribution in [3.8, 4) is 0 Å². The van der Waals surface area contributed by atoms with Gasteiger partial charge in [0.25, 0.3) is 0 Å². The molecule has 1 atom stereocenters. The fourth-order valence-electron chi connectivity index (χ4n) is 2.31. The predicted molar refractivity (Wildman–Crippen MR) is 87.4 cm³/mol. The van der Waals surface area contributed by atoms with Crippen molar-refractivity contribution in [3.05, 3.63) is 31.9 Å². The summed E-state index contributed by atoms with van der Waals surface area (Å²) in [6.07, 6.45) is 2.83. The summed E-state index contributed by atoms with van der Waals surface area (Å²) >= 11 is 5.40. The molecule has 1 unspecified atom stereocenters. The summed E-state index contributed by atoms with van der Waals surface area (Å²) in [5.41, 5.74) is 3.54. The van der Waals surface area contributed by atoms with Crippen molar-refractivity contribution in [1.82, 2.24) is 20.1 Å². The second-order valence-corrected chi connectivity index (χ2v) is 6.79. The molecule has 0 saturated heterocycles. The SMILES string of the molecule is CCc1nn(C)c(CC(Cc2csc(C)n2)NC)c1Br. The molecule has 2 heterocycles. The van der Waals surface area contributed by atoms with Crippen LogP contribution in [0, 0.1) is 6.92 Å². The minimum atomic E-state index is 0.368. The van der Waals surface area contributed by atoms with Crippen LogP contribution in [-0.2, 0) is 26.3 Å². The molecule has 0 saturated carbocycles. The van der Waals surface area contributed by atoms with Gasteiger partial charge in [0, 0.05) is 31.3 Å². The molecular weight excluding hydrogens is 336 g/mol. The van der Waals surface area contributed by atoms with Crippen molar-refractivity contribution in [3.63, 3.8) is 0 Å². The molecule has 2 rings (SSSR count). The van der Waals surface area contributed by atoms with E-state index in [4.69, 9.17) is 0 Å². The van der Waals surface area contributed by atoms with E-state index in [2.05, 4.69) is 43.6 Å². The van der Waals surface area contributed by atoms with Crippen LogP contribution in [0.25, 0.3) is 0 Å². The van der Waals surface area contributed by atoms with E-state index in [9.17, 15) is 0 Å². The van der Waals surface area contributed by atoms with Crippen LogP contribution in [0.1, 0.15) is 29.0 Å². The zero-order valence-electron chi connectivity index (χ0n) is 12.4. The zero-order chi connectivity index (χ0) is 14.7. The van der Waals surface area contributed by atoms with Crippen molar-refractivity contribution in [1.29, 1.82) is 0 Å². The molecule has 1 N–H and O–H groups in total. The summed E-state index contributed by atoms with van der Waals surface area (Å²) < 4.78 is 3.14. The van der Waals surface area contributed by atoms with Gasteiger partial charge >= 0.3 is 0 Å². The first-order valence-corrected chi connectivity index (χ1v) is 8.50. The molecule has 2 aromatic rings. The summed E-state index contributed by atoms with van der Waals surface area (Å²) in [6.45, 7) is 4.18. The van der Waals surface area contributed by atoms with Crippen molar-refractivity contribution in [2.75, 3.05) is 7.05 Å². The first-order chi connectivity index (χ1) is 9.55. The van der Waals surface area contributed by atoms with Crippen LogP contribution in [0.4, 0.5) is 0 Å². The number of nitrogens with one attached hydrogen (secondary N) is 1. The van der Waals surface area contributed by atoms with Crippen LogP contribution in [0.3, 0.4) is 0 Å². The number of likely N-dealkylation sites (N-methyl/N-ethyl adjacent to an activating group) is 1. The lowest BCUT2D eigenvalue weighted by molar-refractivity contribution is 0.528. The standard InChI is InChI=1S/C14H21BrN4S/c1-5-12-14(15)13(19(4)18-12)7-10(16-3)6-11-8-20-9(2)17-11/h8,10,16H,5-7H2,1-4H3. The number of aryl methyl sites for hydroxylation is 3. The topological polar surface area (TPSA) is 42.7 Å². The Bertz CT molecular complexity index is 576. The molecule has 4 nitrogen and oxygen atoms in total. The van der Waals surface area contributed by atoms with Crippen LogP contribution in [-0.4, -0.2) is 27.9 Å². The van der Waals surface area contributed by atoms with E-state index in [0.29, 0.717) is 6.04 Å². The van der Waals surface area contributed by atoms with Gasteiger partial charge in [0.1, 0.15) is 0 Å². The Morgan fingerprint density at radius 1 is 1.45 bits per heavy atom. The summed E-state index contributed by atoms with van der Waals surface area (Å²) in [5.74, 6) is 0. The van der Waals surface area contributed by atoms with E-state index < -0.39 is 0 Å². The molecule has 0 fully saturated rings. The van der Waals surface area contributed by atoms with Gasteiger partial charge in [-0.1, -0.05) is 6.92 Å². The maximum Gasteiger partial charge on any atom is 0.0897 e. The number of hydrogen-bond donors (Lipinski definition) is 1. The van der Waals surface area contributed by atoms with E-state index >= 15 is 0 Å². The molecule has 0 radical (unpaired) electrons. The molecular formula is C14H21BrN4S. The van der Waals surface area contributed by atoms with Gasteiger partial charge in [-0.25, -0.2) is 4.98 Å². The highest BCUT2D eigenvalue weighted by Crippen LogP contribution is 2.23. The highest BCUT2D eigenvalue weighted by atomic mass is 79.9. The Morgan fingerprint density at radius 2 is 2.20 bits per heavy atom. The van der Waals surface area contributed by atoms with Crippen LogP contribution in [0.5, 0.6) is 0 Å². The van der Waals surface area contributed by atoms with Gasteiger partial charge in [0.05, 0.1) is 26.6 Å². The van der Waals surface area contributed by atoms with Crippen molar-refractivity contribution in [2.24, 2.45) is 7.05 Å². The zero-order valence-corrected chi connectivity index (χ0v) is 14.8. The Hall–Kier alpha value is -0.720. The Morgan fingerprint density at radius 3 is 2.70 bits per heavy atom. The third-order valence-electron chi connectivity index (χ3n) is 3.47. The van der Waals surface area contributed by atoms with Gasteiger partial charge in [-0.3, -0.25) is 4.68 Å². The lowest BCUT2D eigenvalue weighted by atomic mass is 10.1. The normalized spacial score (nSPS) is 12.8. The minimum absolute atomic E-state index is 0.368. The molecule has 20 heavy (non-hydrogen) atoms. The molecule has 0 aliphatic heterocycles. The van der Waals surface area contributed by atoms with E-state index in [1.807, 2.05) is 25.7 Å². The Kier molecular flexibility index (Phi) is 5.35. The molecule has 0 amide bonds. The van der Waals surface area contributed by atoms with Crippen LogP contribution in [0.2, 0.25) is 0 Å². The first kappa shape index (κ1) is 15.7. The third kappa shape index (κ3) is 3.48. The largest absolute Gasteiger partial charge is 0.316 e. The van der Waals surface area contributed by atoms with E-state index in [1.165, 1.54) is 11.4 Å². The molecule has 110 valence electrons. The summed E-state index contributed by atoms with van der Waals surface area (Å²) in [6, 6.07) is 0.368. The van der Waals surface area contributed by atoms with Crippen LogP contribution < -0.4 is 5.32 Å². The van der Waals surface area contributed by atoms with Gasteiger partial charge in [-0.2, -0.15) is 5.10 Å². The van der Waals surface area contributed by atoms with Gasteiger partial charge in [-0.15, -0.1) is 11.3 Å². The third-order valence-corrected chi connectivity index (χ3v) is 5.21. The predicted octanol–water partition coefficient (Wildman–Crippen LogP) is 2.88. The molecule has 0 aliphatic carbocycles. The lowest BCUT2D eigenvalue weighted by Crippen LogP contribution is -2.31. The van der Waals surface area contributed by atoms with Gasteiger partial charge in [-0.05, 0) is 36.3 Å². The molecule has 0 spiro atoms. The summed E-state index contributed by atoms with van der Waals surface area (Å²) in [7, 11) is 4.02. The smallest absolute Gasteiger partial charge is 0.0897 e. The molecule has 0 bridgehead atoms. The number of halogens is 1. The monoisotopic (exact) mass is 356 g/mol. The van der Waals surface area contributed by atoms with E-state index in [0.717, 1.165) is 34.4 Å². The molecule has 6 heteroatoms. The quantitative estimate of drug-likeness (QED) is 0.865. The number of thiazole rings is 1. The summed E-state index contributed by atoms with van der Waals surface area (Å²) in [5, 5.41) is 11.2. The number of rotatable bonds is 6. The summed E-state index contributed by atoms with van der Waals surface area (Å²) in [4.78, 5) is 4.55. The van der Waals surface area contributed by atoms with E-state index in [-0.39, 0.29) is 0 Å². The van der Waals surface area contributed by atoms with Gasteiger partial charge in [0.2, 0.25) is 0 Å². The first-order valence-electron chi connectivity index (χ1n) is 6.83. The Labute approximate surface area is 132 Å². The average molecular weight is 357 g/mol. The van der Waals surface area contributed by atoms with E-state index in [1.54, 1.807) is 11.3 Å². The highest BCUT2D eigenvalue weighted by molar-refractivity contribution is 9.10. The molecule has 0 aliphatic rings. The molecule has 2 aromatic heterocycles. The molecule has 0 aromatic carbocycles. The number of nitrogens with zero attached hydrogens (tertiary/aromatic N) is 3. The van der Waals surface area contributed by atoms with Crippen molar-refractivity contribution >= 4 is 27.3 Å². The number of hydrogen-bond acceptors (Lipinski definition) is 4. The van der Waals surface area contributed by atoms with Crippen LogP contribution in [0.15, 0.2) is 9.85 Å². The fourth-order valence-corrected chi connectivity index (χ4v) is 3.71. The van der Waals surface area contributed by atoms with Crippen molar-refractivity contribution < 1.29 is 0 Å². The van der Waals surface area contributed by atoms with Crippen molar-refractivity contribution in [2.45, 2.75) is 39.2 Å². The fraction of sp³-hybridized carbons (Fsp3) is 0.571. The minimum Gasteiger partial charge on any atom is -0.316 e. The van der Waals surface area contributed by atoms with Gasteiger partial charge < -0.3 is 5.32 Å². The highest BCUT2D eigenvalue weighted by Gasteiger charge is 2.17. The second-order valence-electron chi connectivity index (χ2n) is 4.94. The number of aromatic nitrogens is 3. The maximum absolute atomic E-state index is 4.56.